The Morgan fingerprint density at radius 3 is 3.12 bits per heavy atom. The van der Waals surface area contributed by atoms with Gasteiger partial charge in [0.2, 0.25) is 5.91 Å². The zero-order valence-electron chi connectivity index (χ0n) is 9.54. The van der Waals surface area contributed by atoms with Crippen molar-refractivity contribution in [2.75, 3.05) is 13.1 Å². The van der Waals surface area contributed by atoms with E-state index >= 15 is 0 Å². The molecule has 1 unspecified atom stereocenters. The van der Waals surface area contributed by atoms with Crippen molar-refractivity contribution < 1.29 is 9.18 Å². The molecule has 0 saturated carbocycles. The first kappa shape index (κ1) is 12.3. The fourth-order valence-corrected chi connectivity index (χ4v) is 2.09. The Morgan fingerprint density at radius 1 is 1.59 bits per heavy atom. The van der Waals surface area contributed by atoms with Crippen molar-refractivity contribution in [2.24, 2.45) is 0 Å². The van der Waals surface area contributed by atoms with E-state index in [1.54, 1.807) is 4.90 Å². The average molecular weight is 257 g/mol. The number of carbonyl (C=O) groups is 1. The maximum absolute atomic E-state index is 13.1. The molecular formula is C12H14ClFN2O. The number of carbonyl (C=O) groups excluding carboxylic acids is 1. The monoisotopic (exact) mass is 256 g/mol. The lowest BCUT2D eigenvalue weighted by molar-refractivity contribution is -0.135. The van der Waals surface area contributed by atoms with Gasteiger partial charge in [-0.25, -0.2) is 4.39 Å². The molecule has 0 aliphatic carbocycles. The van der Waals surface area contributed by atoms with E-state index < -0.39 is 0 Å². The maximum atomic E-state index is 13.1. The Labute approximate surface area is 105 Å². The summed E-state index contributed by atoms with van der Waals surface area (Å²) in [5.74, 6) is -0.309. The largest absolute Gasteiger partial charge is 0.336 e. The smallest absolute Gasteiger partial charge is 0.239 e. The van der Waals surface area contributed by atoms with Crippen LogP contribution in [0.3, 0.4) is 0 Å². The second kappa shape index (κ2) is 5.02. The van der Waals surface area contributed by atoms with Crippen LogP contribution in [0, 0.1) is 5.82 Å². The van der Waals surface area contributed by atoms with Crippen LogP contribution < -0.4 is 5.32 Å². The van der Waals surface area contributed by atoms with E-state index in [-0.39, 0.29) is 17.8 Å². The first-order valence-electron chi connectivity index (χ1n) is 5.54. The molecule has 1 fully saturated rings. The molecule has 17 heavy (non-hydrogen) atoms. The first-order valence-corrected chi connectivity index (χ1v) is 5.92. The zero-order valence-corrected chi connectivity index (χ0v) is 10.3. The van der Waals surface area contributed by atoms with Crippen molar-refractivity contribution in [1.29, 1.82) is 0 Å². The van der Waals surface area contributed by atoms with E-state index in [0.717, 1.165) is 6.54 Å². The summed E-state index contributed by atoms with van der Waals surface area (Å²) < 4.78 is 13.1. The van der Waals surface area contributed by atoms with Crippen LogP contribution in [-0.4, -0.2) is 29.9 Å². The number of benzene rings is 1. The van der Waals surface area contributed by atoms with E-state index in [9.17, 15) is 9.18 Å². The Balaban J connectivity index is 2.14. The Hall–Kier alpha value is -1.13. The van der Waals surface area contributed by atoms with Gasteiger partial charge in [-0.3, -0.25) is 4.79 Å². The molecule has 5 heteroatoms. The molecule has 1 amide bonds. The lowest BCUT2D eigenvalue weighted by Gasteiger charge is -2.31. The molecule has 1 aliphatic rings. The van der Waals surface area contributed by atoms with E-state index in [1.807, 2.05) is 6.92 Å². The van der Waals surface area contributed by atoms with Crippen molar-refractivity contribution in [3.63, 3.8) is 0 Å². The first-order chi connectivity index (χ1) is 8.08. The summed E-state index contributed by atoms with van der Waals surface area (Å²) in [5.41, 5.74) is 0.647. The van der Waals surface area contributed by atoms with Crippen LogP contribution in [0.4, 0.5) is 4.39 Å². The SMILES string of the molecule is CC1NCCN(Cc2cc(F)ccc2Cl)C1=O. The van der Waals surface area contributed by atoms with Gasteiger partial charge in [-0.05, 0) is 30.7 Å². The standard InChI is InChI=1S/C12H14ClFN2O/c1-8-12(17)16(5-4-15-8)7-9-6-10(14)2-3-11(9)13/h2-3,6,8,15H,4-5,7H2,1H3. The summed E-state index contributed by atoms with van der Waals surface area (Å²) in [6.07, 6.45) is 0. The number of nitrogens with zero attached hydrogens (tertiary/aromatic N) is 1. The average Bonchev–Trinajstić information content (AvgIpc) is 2.30. The Morgan fingerprint density at radius 2 is 2.35 bits per heavy atom. The molecular weight excluding hydrogens is 243 g/mol. The van der Waals surface area contributed by atoms with Gasteiger partial charge in [0, 0.05) is 24.7 Å². The van der Waals surface area contributed by atoms with Gasteiger partial charge >= 0.3 is 0 Å². The molecule has 92 valence electrons. The number of rotatable bonds is 2. The minimum atomic E-state index is -0.333. The van der Waals surface area contributed by atoms with Gasteiger partial charge in [0.25, 0.3) is 0 Å². The highest BCUT2D eigenvalue weighted by atomic mass is 35.5. The van der Waals surface area contributed by atoms with Crippen LogP contribution in [0.25, 0.3) is 0 Å². The predicted molar refractivity (Wildman–Crippen MR) is 64.3 cm³/mol. The number of amides is 1. The molecule has 1 aromatic carbocycles. The number of hydrogen-bond donors (Lipinski definition) is 1. The lowest BCUT2D eigenvalue weighted by Crippen LogP contribution is -2.53. The highest BCUT2D eigenvalue weighted by molar-refractivity contribution is 6.31. The van der Waals surface area contributed by atoms with Crippen LogP contribution >= 0.6 is 11.6 Å². The van der Waals surface area contributed by atoms with Crippen LogP contribution in [-0.2, 0) is 11.3 Å². The van der Waals surface area contributed by atoms with Crippen molar-refractivity contribution in [3.8, 4) is 0 Å². The molecule has 3 nitrogen and oxygen atoms in total. The minimum absolute atomic E-state index is 0.0246. The number of piperazine rings is 1. The lowest BCUT2D eigenvalue weighted by atomic mass is 10.1. The quantitative estimate of drug-likeness (QED) is 0.875. The minimum Gasteiger partial charge on any atom is -0.336 e. The maximum Gasteiger partial charge on any atom is 0.239 e. The molecule has 1 heterocycles. The third kappa shape index (κ3) is 2.76. The van der Waals surface area contributed by atoms with Crippen molar-refractivity contribution in [2.45, 2.75) is 19.5 Å². The van der Waals surface area contributed by atoms with E-state index in [1.165, 1.54) is 18.2 Å². The Bertz CT molecular complexity index is 439. The van der Waals surface area contributed by atoms with Gasteiger partial charge in [-0.2, -0.15) is 0 Å². The van der Waals surface area contributed by atoms with Crippen LogP contribution in [0.2, 0.25) is 5.02 Å². The molecule has 2 rings (SSSR count). The fraction of sp³-hybridized carbons (Fsp3) is 0.417. The van der Waals surface area contributed by atoms with Crippen LogP contribution in [0.15, 0.2) is 18.2 Å². The van der Waals surface area contributed by atoms with Gasteiger partial charge in [0.05, 0.1) is 6.04 Å². The van der Waals surface area contributed by atoms with Crippen molar-refractivity contribution >= 4 is 17.5 Å². The normalized spacial score (nSPS) is 20.8. The second-order valence-corrected chi connectivity index (χ2v) is 4.58. The van der Waals surface area contributed by atoms with Crippen LogP contribution in [0.5, 0.6) is 0 Å². The van der Waals surface area contributed by atoms with Crippen molar-refractivity contribution in [3.05, 3.63) is 34.6 Å². The van der Waals surface area contributed by atoms with Gasteiger partial charge in [-0.15, -0.1) is 0 Å². The summed E-state index contributed by atoms with van der Waals surface area (Å²) in [7, 11) is 0. The van der Waals surface area contributed by atoms with Gasteiger partial charge in [0.15, 0.2) is 0 Å². The third-order valence-corrected chi connectivity index (χ3v) is 3.25. The summed E-state index contributed by atoms with van der Waals surface area (Å²) in [4.78, 5) is 13.5. The number of nitrogens with one attached hydrogen (secondary N) is 1. The van der Waals surface area contributed by atoms with E-state index in [0.29, 0.717) is 23.7 Å². The molecule has 1 atom stereocenters. The molecule has 0 spiro atoms. The molecule has 1 saturated heterocycles. The van der Waals surface area contributed by atoms with E-state index in [4.69, 9.17) is 11.6 Å². The van der Waals surface area contributed by atoms with E-state index in [2.05, 4.69) is 5.32 Å². The molecule has 1 N–H and O–H groups in total. The van der Waals surface area contributed by atoms with Gasteiger partial charge in [-0.1, -0.05) is 11.6 Å². The number of hydrogen-bond acceptors (Lipinski definition) is 2. The summed E-state index contributed by atoms with van der Waals surface area (Å²) in [5, 5.41) is 3.57. The second-order valence-electron chi connectivity index (χ2n) is 4.17. The highest BCUT2D eigenvalue weighted by Gasteiger charge is 2.24. The molecule has 1 aromatic rings. The van der Waals surface area contributed by atoms with Gasteiger partial charge in [0.1, 0.15) is 5.82 Å². The predicted octanol–water partition coefficient (Wildman–Crippen LogP) is 1.80. The molecule has 0 aromatic heterocycles. The molecule has 0 bridgehead atoms. The molecule has 1 aliphatic heterocycles. The number of halogens is 2. The van der Waals surface area contributed by atoms with Gasteiger partial charge < -0.3 is 10.2 Å². The third-order valence-electron chi connectivity index (χ3n) is 2.88. The topological polar surface area (TPSA) is 32.3 Å². The van der Waals surface area contributed by atoms with Crippen LogP contribution in [0.1, 0.15) is 12.5 Å². The Kier molecular flexibility index (Phi) is 3.64. The summed E-state index contributed by atoms with van der Waals surface area (Å²) >= 11 is 5.98. The summed E-state index contributed by atoms with van der Waals surface area (Å²) in [6.45, 7) is 3.55. The zero-order chi connectivity index (χ0) is 12.4. The molecule has 0 radical (unpaired) electrons. The van der Waals surface area contributed by atoms with Crippen molar-refractivity contribution in [1.82, 2.24) is 10.2 Å². The highest BCUT2D eigenvalue weighted by Crippen LogP contribution is 2.19. The summed E-state index contributed by atoms with van der Waals surface area (Å²) in [6, 6.07) is 4.02. The fourth-order valence-electron chi connectivity index (χ4n) is 1.91.